The molecule has 1 aromatic rings. The number of hydrogen-bond donors (Lipinski definition) is 2. The number of nitrogens with zero attached hydrogens (tertiary/aromatic N) is 2. The first-order chi connectivity index (χ1) is 16.4. The maximum absolute atomic E-state index is 13.1. The topological polar surface area (TPSA) is 98.8 Å². The van der Waals surface area contributed by atoms with E-state index in [4.69, 9.17) is 0 Å². The fraction of sp³-hybridized carbons (Fsp3) is 0.680. The van der Waals surface area contributed by atoms with E-state index >= 15 is 0 Å². The zero-order valence-electron chi connectivity index (χ0n) is 20.4. The number of nitrogens with one attached hydrogen (secondary N) is 2. The fourth-order valence-corrected chi connectivity index (χ4v) is 6.42. The normalized spacial score (nSPS) is 22.1. The summed E-state index contributed by atoms with van der Waals surface area (Å²) >= 11 is 0. The van der Waals surface area contributed by atoms with Crippen LogP contribution in [0.1, 0.15) is 57.8 Å². The van der Waals surface area contributed by atoms with Crippen molar-refractivity contribution in [1.82, 2.24) is 19.8 Å². The second-order valence-electron chi connectivity index (χ2n) is 9.51. The molecule has 1 unspecified atom stereocenters. The van der Waals surface area contributed by atoms with Crippen LogP contribution in [-0.2, 0) is 19.6 Å². The molecule has 2 aliphatic rings. The van der Waals surface area contributed by atoms with Crippen molar-refractivity contribution in [1.29, 1.82) is 0 Å². The summed E-state index contributed by atoms with van der Waals surface area (Å²) in [7, 11) is -1.56. The van der Waals surface area contributed by atoms with Crippen molar-refractivity contribution < 1.29 is 18.0 Å². The average Bonchev–Trinajstić information content (AvgIpc) is 2.89. The number of hydrogen-bond acceptors (Lipinski definition) is 5. The largest absolute Gasteiger partial charge is 0.356 e. The summed E-state index contributed by atoms with van der Waals surface area (Å²) in [5.41, 5.74) is 0. The van der Waals surface area contributed by atoms with E-state index in [0.717, 1.165) is 6.54 Å². The molecule has 34 heavy (non-hydrogen) atoms. The number of carbonyl (C=O) groups excluding carboxylic acids is 2. The predicted octanol–water partition coefficient (Wildman–Crippen LogP) is 2.36. The molecule has 1 aromatic carbocycles. The molecular formula is C25H40N4O4S. The van der Waals surface area contributed by atoms with E-state index in [-0.39, 0.29) is 35.6 Å². The third kappa shape index (κ3) is 7.78. The lowest BCUT2D eigenvalue weighted by Gasteiger charge is -2.31. The minimum atomic E-state index is -3.69. The monoisotopic (exact) mass is 492 g/mol. The molecule has 0 aromatic heterocycles. The van der Waals surface area contributed by atoms with Gasteiger partial charge in [0, 0.05) is 51.1 Å². The average molecular weight is 493 g/mol. The van der Waals surface area contributed by atoms with Gasteiger partial charge in [-0.2, -0.15) is 4.31 Å². The van der Waals surface area contributed by atoms with Gasteiger partial charge in [-0.15, -0.1) is 0 Å². The Morgan fingerprint density at radius 1 is 1.06 bits per heavy atom. The zero-order chi connectivity index (χ0) is 24.4. The maximum Gasteiger partial charge on any atom is 0.243 e. The first-order valence-electron chi connectivity index (χ1n) is 12.7. The Morgan fingerprint density at radius 3 is 2.53 bits per heavy atom. The predicted molar refractivity (Wildman–Crippen MR) is 133 cm³/mol. The van der Waals surface area contributed by atoms with Gasteiger partial charge in [0.05, 0.1) is 4.90 Å². The minimum absolute atomic E-state index is 0.0111. The molecule has 1 saturated heterocycles. The van der Waals surface area contributed by atoms with Crippen LogP contribution in [0.3, 0.4) is 0 Å². The first kappa shape index (κ1) is 26.6. The molecule has 2 fully saturated rings. The van der Waals surface area contributed by atoms with Crippen molar-refractivity contribution in [2.75, 3.05) is 39.8 Å². The molecule has 1 aliphatic carbocycles. The van der Waals surface area contributed by atoms with Gasteiger partial charge >= 0.3 is 0 Å². The molecule has 0 bridgehead atoms. The van der Waals surface area contributed by atoms with Gasteiger partial charge in [-0.25, -0.2) is 8.42 Å². The molecule has 8 nitrogen and oxygen atoms in total. The van der Waals surface area contributed by atoms with Gasteiger partial charge in [0.15, 0.2) is 0 Å². The van der Waals surface area contributed by atoms with Crippen molar-refractivity contribution in [3.05, 3.63) is 30.3 Å². The summed E-state index contributed by atoms with van der Waals surface area (Å²) in [5.74, 6) is -0.453. The molecule has 0 radical (unpaired) electrons. The number of sulfonamides is 1. The number of likely N-dealkylation sites (N-methyl/N-ethyl adjacent to an activating group) is 1. The zero-order valence-corrected chi connectivity index (χ0v) is 21.2. The van der Waals surface area contributed by atoms with E-state index in [1.54, 1.807) is 30.3 Å². The summed E-state index contributed by atoms with van der Waals surface area (Å²) < 4.78 is 27.6. The van der Waals surface area contributed by atoms with E-state index in [2.05, 4.69) is 22.6 Å². The summed E-state index contributed by atoms with van der Waals surface area (Å²) in [6, 6.07) is 8.91. The van der Waals surface area contributed by atoms with Gasteiger partial charge in [0.25, 0.3) is 0 Å². The minimum Gasteiger partial charge on any atom is -0.356 e. The summed E-state index contributed by atoms with van der Waals surface area (Å²) in [5, 5.41) is 5.92. The van der Waals surface area contributed by atoms with Crippen molar-refractivity contribution in [2.45, 2.75) is 68.7 Å². The smallest absolute Gasteiger partial charge is 0.243 e. The maximum atomic E-state index is 13.1. The lowest BCUT2D eigenvalue weighted by molar-refractivity contribution is -0.126. The van der Waals surface area contributed by atoms with E-state index in [1.807, 2.05) is 0 Å². The highest BCUT2D eigenvalue weighted by molar-refractivity contribution is 7.89. The number of carbonyl (C=O) groups is 2. The Balaban J connectivity index is 1.55. The Labute approximate surface area is 204 Å². The highest BCUT2D eigenvalue weighted by atomic mass is 32.2. The van der Waals surface area contributed by atoms with E-state index < -0.39 is 10.0 Å². The highest BCUT2D eigenvalue weighted by Crippen LogP contribution is 2.22. The number of benzene rings is 1. The Hall–Kier alpha value is -1.97. The molecule has 1 saturated carbocycles. The molecule has 2 N–H and O–H groups in total. The van der Waals surface area contributed by atoms with Gasteiger partial charge in [0.1, 0.15) is 0 Å². The summed E-state index contributed by atoms with van der Waals surface area (Å²) in [4.78, 5) is 27.7. The molecule has 9 heteroatoms. The van der Waals surface area contributed by atoms with Gasteiger partial charge < -0.3 is 15.5 Å². The molecule has 3 rings (SSSR count). The van der Waals surface area contributed by atoms with Crippen LogP contribution in [0.5, 0.6) is 0 Å². The SMILES string of the molecule is CN(CCNC(=O)C1CCCN(S(=O)(=O)c2ccccc2)CCC(=O)NCC1)C1CCCCC1. The number of rotatable bonds is 7. The first-order valence-corrected chi connectivity index (χ1v) is 14.1. The van der Waals surface area contributed by atoms with Crippen LogP contribution >= 0.6 is 0 Å². The number of amides is 2. The van der Waals surface area contributed by atoms with Crippen LogP contribution in [0.4, 0.5) is 0 Å². The van der Waals surface area contributed by atoms with Crippen LogP contribution < -0.4 is 10.6 Å². The lowest BCUT2D eigenvalue weighted by Crippen LogP contribution is -2.41. The molecule has 1 heterocycles. The van der Waals surface area contributed by atoms with Gasteiger partial charge in [0.2, 0.25) is 21.8 Å². The molecular weight excluding hydrogens is 452 g/mol. The standard InChI is InChI=1S/C25H40N4O4S/c1-28(22-10-4-2-5-11-22)20-17-27-25(31)21-9-8-18-29(19-15-24(30)26-16-14-21)34(32,33)23-12-6-3-7-13-23/h3,6-7,12-13,21-22H,2,4-5,8-11,14-20H2,1H3,(H,26,30)(H,27,31). The van der Waals surface area contributed by atoms with Gasteiger partial charge in [-0.1, -0.05) is 37.5 Å². The lowest BCUT2D eigenvalue weighted by atomic mass is 9.94. The van der Waals surface area contributed by atoms with Gasteiger partial charge in [-0.3, -0.25) is 9.59 Å². The Morgan fingerprint density at radius 2 is 1.79 bits per heavy atom. The Kier molecular flexibility index (Phi) is 10.3. The van der Waals surface area contributed by atoms with Crippen molar-refractivity contribution >= 4 is 21.8 Å². The molecule has 1 atom stereocenters. The third-order valence-corrected chi connectivity index (χ3v) is 8.99. The van der Waals surface area contributed by atoms with Crippen LogP contribution in [0.2, 0.25) is 0 Å². The molecule has 2 amide bonds. The Bertz CT molecular complexity index is 887. The van der Waals surface area contributed by atoms with E-state index in [1.165, 1.54) is 36.4 Å². The summed E-state index contributed by atoms with van der Waals surface area (Å²) in [6.45, 7) is 2.27. The van der Waals surface area contributed by atoms with E-state index in [9.17, 15) is 18.0 Å². The highest BCUT2D eigenvalue weighted by Gasteiger charge is 2.27. The molecule has 1 aliphatic heterocycles. The van der Waals surface area contributed by atoms with E-state index in [0.29, 0.717) is 44.9 Å². The van der Waals surface area contributed by atoms with Crippen molar-refractivity contribution in [3.8, 4) is 0 Å². The quantitative estimate of drug-likeness (QED) is 0.609. The van der Waals surface area contributed by atoms with Crippen LogP contribution in [-0.4, -0.2) is 75.3 Å². The van der Waals surface area contributed by atoms with Crippen LogP contribution in [0, 0.1) is 5.92 Å². The fourth-order valence-electron chi connectivity index (χ4n) is 4.92. The second kappa shape index (κ2) is 13.2. The molecule has 190 valence electrons. The summed E-state index contributed by atoms with van der Waals surface area (Å²) in [6.07, 6.45) is 8.17. The van der Waals surface area contributed by atoms with Gasteiger partial charge in [-0.05, 0) is 51.3 Å². The van der Waals surface area contributed by atoms with Crippen LogP contribution in [0.25, 0.3) is 0 Å². The molecule has 0 spiro atoms. The van der Waals surface area contributed by atoms with Crippen molar-refractivity contribution in [2.24, 2.45) is 5.92 Å². The van der Waals surface area contributed by atoms with Crippen molar-refractivity contribution in [3.63, 3.8) is 0 Å². The third-order valence-electron chi connectivity index (χ3n) is 7.08. The second-order valence-corrected chi connectivity index (χ2v) is 11.4. The van der Waals surface area contributed by atoms with Crippen LogP contribution in [0.15, 0.2) is 35.2 Å².